The number of ether oxygens (including phenoxy) is 1. The first-order valence-corrected chi connectivity index (χ1v) is 7.48. The zero-order chi connectivity index (χ0) is 16.4. The Morgan fingerprint density at radius 3 is 2.61 bits per heavy atom. The number of fused-ring (bicyclic) bond motifs is 1. The predicted octanol–water partition coefficient (Wildman–Crippen LogP) is 3.19. The van der Waals surface area contributed by atoms with Crippen molar-refractivity contribution in [1.82, 2.24) is 9.97 Å². The normalized spacial score (nSPS) is 11.1. The minimum absolute atomic E-state index is 0.134. The number of aromatic amines is 1. The van der Waals surface area contributed by atoms with Gasteiger partial charge in [-0.1, -0.05) is 0 Å². The van der Waals surface area contributed by atoms with Gasteiger partial charge in [-0.05, 0) is 56.3 Å². The standard InChI is InChI=1S/C18H18N2O3/c1-11(2)23-14-6-3-12(4-7-14)18-19-15-8-5-13(17(22)10-21)9-16(15)20-18/h3-9,11,21H,10H2,1-2H3,(H,19,20). The fraction of sp³-hybridized carbons (Fsp3) is 0.222. The van der Waals surface area contributed by atoms with Crippen molar-refractivity contribution in [3.8, 4) is 17.1 Å². The van der Waals surface area contributed by atoms with E-state index in [1.807, 2.05) is 38.1 Å². The van der Waals surface area contributed by atoms with Crippen molar-refractivity contribution >= 4 is 16.8 Å². The molecule has 0 unspecified atom stereocenters. The average Bonchev–Trinajstić information content (AvgIpc) is 2.97. The lowest BCUT2D eigenvalue weighted by Crippen LogP contribution is -2.05. The molecular formula is C18H18N2O3. The van der Waals surface area contributed by atoms with E-state index < -0.39 is 6.61 Å². The highest BCUT2D eigenvalue weighted by molar-refractivity contribution is 5.99. The summed E-state index contributed by atoms with van der Waals surface area (Å²) >= 11 is 0. The van der Waals surface area contributed by atoms with Gasteiger partial charge in [0.25, 0.3) is 0 Å². The van der Waals surface area contributed by atoms with E-state index in [0.29, 0.717) is 5.56 Å². The summed E-state index contributed by atoms with van der Waals surface area (Å²) in [6, 6.07) is 12.8. The maximum absolute atomic E-state index is 11.6. The van der Waals surface area contributed by atoms with Gasteiger partial charge in [0.05, 0.1) is 17.1 Å². The van der Waals surface area contributed by atoms with Gasteiger partial charge in [0.15, 0.2) is 5.78 Å². The zero-order valence-electron chi connectivity index (χ0n) is 13.0. The lowest BCUT2D eigenvalue weighted by Gasteiger charge is -2.09. The Morgan fingerprint density at radius 2 is 1.96 bits per heavy atom. The molecule has 3 rings (SSSR count). The molecule has 0 aliphatic rings. The molecule has 0 fully saturated rings. The monoisotopic (exact) mass is 310 g/mol. The fourth-order valence-electron chi connectivity index (χ4n) is 2.37. The number of nitrogens with zero attached hydrogens (tertiary/aromatic N) is 1. The first-order chi connectivity index (χ1) is 11.1. The highest BCUT2D eigenvalue weighted by Gasteiger charge is 2.09. The van der Waals surface area contributed by atoms with E-state index in [1.165, 1.54) is 0 Å². The molecule has 2 N–H and O–H groups in total. The van der Waals surface area contributed by atoms with E-state index >= 15 is 0 Å². The second-order valence-electron chi connectivity index (χ2n) is 5.59. The van der Waals surface area contributed by atoms with Crippen LogP contribution < -0.4 is 4.74 Å². The van der Waals surface area contributed by atoms with Crippen LogP contribution in [0.5, 0.6) is 5.75 Å². The number of hydrogen-bond donors (Lipinski definition) is 2. The number of carbonyl (C=O) groups is 1. The molecule has 1 aromatic heterocycles. The van der Waals surface area contributed by atoms with Crippen LogP contribution >= 0.6 is 0 Å². The van der Waals surface area contributed by atoms with E-state index in [-0.39, 0.29) is 11.9 Å². The van der Waals surface area contributed by atoms with Gasteiger partial charge in [0.1, 0.15) is 18.2 Å². The molecule has 2 aromatic carbocycles. The number of carbonyl (C=O) groups excluding carboxylic acids is 1. The van der Waals surface area contributed by atoms with Gasteiger partial charge in [0.2, 0.25) is 0 Å². The summed E-state index contributed by atoms with van der Waals surface area (Å²) in [4.78, 5) is 19.3. The highest BCUT2D eigenvalue weighted by Crippen LogP contribution is 2.24. The summed E-state index contributed by atoms with van der Waals surface area (Å²) in [7, 11) is 0. The van der Waals surface area contributed by atoms with Crippen LogP contribution in [0.15, 0.2) is 42.5 Å². The maximum Gasteiger partial charge on any atom is 0.188 e. The summed E-state index contributed by atoms with van der Waals surface area (Å²) in [5.74, 6) is 1.23. The molecule has 0 saturated heterocycles. The number of nitrogens with one attached hydrogen (secondary N) is 1. The average molecular weight is 310 g/mol. The van der Waals surface area contributed by atoms with Crippen molar-refractivity contribution < 1.29 is 14.6 Å². The predicted molar refractivity (Wildman–Crippen MR) is 88.7 cm³/mol. The van der Waals surface area contributed by atoms with Gasteiger partial charge in [-0.25, -0.2) is 4.98 Å². The van der Waals surface area contributed by atoms with Crippen molar-refractivity contribution in [2.45, 2.75) is 20.0 Å². The number of hydrogen-bond acceptors (Lipinski definition) is 4. The number of Topliss-reactive ketones (excluding diaryl/α,β-unsaturated/α-hetero) is 1. The maximum atomic E-state index is 11.6. The van der Waals surface area contributed by atoms with Crippen molar-refractivity contribution in [2.24, 2.45) is 0 Å². The molecule has 0 saturated carbocycles. The molecule has 1 heterocycles. The van der Waals surface area contributed by atoms with Crippen LogP contribution in [-0.4, -0.2) is 33.6 Å². The molecule has 3 aromatic rings. The summed E-state index contributed by atoms with van der Waals surface area (Å²) in [6.07, 6.45) is 0.134. The van der Waals surface area contributed by atoms with E-state index in [1.54, 1.807) is 18.2 Å². The van der Waals surface area contributed by atoms with Gasteiger partial charge < -0.3 is 14.8 Å². The van der Waals surface area contributed by atoms with Gasteiger partial charge >= 0.3 is 0 Å². The van der Waals surface area contributed by atoms with E-state index in [0.717, 1.165) is 28.2 Å². The van der Waals surface area contributed by atoms with Crippen molar-refractivity contribution in [2.75, 3.05) is 6.61 Å². The first kappa shape index (κ1) is 15.2. The van der Waals surface area contributed by atoms with Crippen molar-refractivity contribution in [3.63, 3.8) is 0 Å². The molecule has 23 heavy (non-hydrogen) atoms. The quantitative estimate of drug-likeness (QED) is 0.710. The highest BCUT2D eigenvalue weighted by atomic mass is 16.5. The molecule has 0 atom stereocenters. The van der Waals surface area contributed by atoms with Gasteiger partial charge in [-0.3, -0.25) is 4.79 Å². The lowest BCUT2D eigenvalue weighted by atomic mass is 10.1. The van der Waals surface area contributed by atoms with Crippen LogP contribution in [0.3, 0.4) is 0 Å². The summed E-state index contributed by atoms with van der Waals surface area (Å²) < 4.78 is 5.63. The van der Waals surface area contributed by atoms with E-state index in [2.05, 4.69) is 9.97 Å². The molecule has 0 amide bonds. The third kappa shape index (κ3) is 3.24. The molecule has 0 bridgehead atoms. The van der Waals surface area contributed by atoms with Crippen molar-refractivity contribution in [3.05, 3.63) is 48.0 Å². The minimum atomic E-state index is -0.496. The number of aromatic nitrogens is 2. The number of aliphatic hydroxyl groups excluding tert-OH is 1. The van der Waals surface area contributed by atoms with Crippen LogP contribution in [0.2, 0.25) is 0 Å². The van der Waals surface area contributed by atoms with Crippen LogP contribution in [0, 0.1) is 0 Å². The number of benzene rings is 2. The molecule has 5 nitrogen and oxygen atoms in total. The molecule has 5 heteroatoms. The Balaban J connectivity index is 1.92. The van der Waals surface area contributed by atoms with Gasteiger partial charge in [-0.2, -0.15) is 0 Å². The van der Waals surface area contributed by atoms with E-state index in [4.69, 9.17) is 9.84 Å². The lowest BCUT2D eigenvalue weighted by molar-refractivity contribution is 0.0904. The number of imidazole rings is 1. The molecule has 0 aliphatic heterocycles. The van der Waals surface area contributed by atoms with Crippen LogP contribution in [0.1, 0.15) is 24.2 Å². The van der Waals surface area contributed by atoms with Crippen LogP contribution in [0.25, 0.3) is 22.4 Å². The molecule has 0 aliphatic carbocycles. The van der Waals surface area contributed by atoms with Gasteiger partial charge in [-0.15, -0.1) is 0 Å². The van der Waals surface area contributed by atoms with Gasteiger partial charge in [0, 0.05) is 11.1 Å². The number of rotatable bonds is 5. The Labute approximate surface area is 133 Å². The second-order valence-corrected chi connectivity index (χ2v) is 5.59. The van der Waals surface area contributed by atoms with Crippen LogP contribution in [-0.2, 0) is 0 Å². The Kier molecular flexibility index (Phi) is 4.12. The summed E-state index contributed by atoms with van der Waals surface area (Å²) in [5, 5.41) is 8.94. The number of ketones is 1. The molecule has 118 valence electrons. The fourth-order valence-corrected chi connectivity index (χ4v) is 2.37. The minimum Gasteiger partial charge on any atom is -0.491 e. The third-order valence-corrected chi connectivity index (χ3v) is 3.45. The zero-order valence-corrected chi connectivity index (χ0v) is 13.0. The number of H-pyrrole nitrogens is 1. The molecule has 0 spiro atoms. The SMILES string of the molecule is CC(C)Oc1ccc(-c2nc3ccc(C(=O)CO)cc3[nH]2)cc1. The van der Waals surface area contributed by atoms with Crippen molar-refractivity contribution in [1.29, 1.82) is 0 Å². The molecule has 0 radical (unpaired) electrons. The summed E-state index contributed by atoms with van der Waals surface area (Å²) in [5.41, 5.74) is 2.95. The summed E-state index contributed by atoms with van der Waals surface area (Å²) in [6.45, 7) is 3.47. The Hall–Kier alpha value is -2.66. The second kappa shape index (κ2) is 6.22. The third-order valence-electron chi connectivity index (χ3n) is 3.45. The smallest absolute Gasteiger partial charge is 0.188 e. The molecular weight excluding hydrogens is 292 g/mol. The Morgan fingerprint density at radius 1 is 1.22 bits per heavy atom. The van der Waals surface area contributed by atoms with Crippen LogP contribution in [0.4, 0.5) is 0 Å². The number of aliphatic hydroxyl groups is 1. The topological polar surface area (TPSA) is 75.2 Å². The Bertz CT molecular complexity index is 835. The first-order valence-electron chi connectivity index (χ1n) is 7.48. The van der Waals surface area contributed by atoms with E-state index in [9.17, 15) is 4.79 Å². The largest absolute Gasteiger partial charge is 0.491 e.